The van der Waals surface area contributed by atoms with Crippen molar-refractivity contribution in [3.63, 3.8) is 0 Å². The van der Waals surface area contributed by atoms with Gasteiger partial charge < -0.3 is 14.8 Å². The number of carbonyl (C=O) groups excluding carboxylic acids is 2. The lowest BCUT2D eigenvalue weighted by Crippen LogP contribution is -2.41. The summed E-state index contributed by atoms with van der Waals surface area (Å²) in [5.74, 6) is -0.162. The Balaban J connectivity index is 2.41. The molecule has 110 valence electrons. The van der Waals surface area contributed by atoms with E-state index in [0.717, 1.165) is 12.0 Å². The van der Waals surface area contributed by atoms with Gasteiger partial charge in [-0.25, -0.2) is 4.79 Å². The quantitative estimate of drug-likeness (QED) is 0.771. The molecule has 0 aromatic heterocycles. The predicted octanol–water partition coefficient (Wildman–Crippen LogP) is 1.70. The van der Waals surface area contributed by atoms with E-state index in [0.29, 0.717) is 12.4 Å². The average Bonchev–Trinajstić information content (AvgIpc) is 2.45. The minimum atomic E-state index is -0.673. The SMILES string of the molecule is CCOC(=O)C(C)NC(=O)COc1cccc(CC)c1. The Morgan fingerprint density at radius 2 is 2.05 bits per heavy atom. The lowest BCUT2D eigenvalue weighted by Gasteiger charge is -2.13. The second-order valence-electron chi connectivity index (χ2n) is 4.33. The molecule has 1 aromatic carbocycles. The molecule has 1 rings (SSSR count). The maximum atomic E-state index is 11.6. The Hall–Kier alpha value is -2.04. The number of benzene rings is 1. The number of nitrogens with one attached hydrogen (secondary N) is 1. The summed E-state index contributed by atoms with van der Waals surface area (Å²) in [6, 6.07) is 6.89. The molecule has 20 heavy (non-hydrogen) atoms. The number of rotatable bonds is 7. The number of aryl methyl sites for hydroxylation is 1. The van der Waals surface area contributed by atoms with Crippen molar-refractivity contribution in [3.8, 4) is 5.75 Å². The van der Waals surface area contributed by atoms with Crippen LogP contribution in [0.25, 0.3) is 0 Å². The summed E-state index contributed by atoms with van der Waals surface area (Å²) in [5, 5.41) is 2.52. The summed E-state index contributed by atoms with van der Waals surface area (Å²) in [7, 11) is 0. The molecule has 1 unspecified atom stereocenters. The highest BCUT2D eigenvalue weighted by Gasteiger charge is 2.16. The third-order valence-corrected chi connectivity index (χ3v) is 2.69. The molecule has 1 N–H and O–H groups in total. The number of amides is 1. The second kappa shape index (κ2) is 8.19. The molecule has 5 nitrogen and oxygen atoms in total. The molecule has 0 aliphatic rings. The molecule has 1 atom stereocenters. The van der Waals surface area contributed by atoms with Crippen molar-refractivity contribution in [1.29, 1.82) is 0 Å². The summed E-state index contributed by atoms with van der Waals surface area (Å²) in [6.45, 7) is 5.51. The first kappa shape index (κ1) is 16.0. The van der Waals surface area contributed by atoms with Crippen LogP contribution < -0.4 is 10.1 Å². The van der Waals surface area contributed by atoms with Gasteiger partial charge in [-0.3, -0.25) is 4.79 Å². The van der Waals surface area contributed by atoms with Crippen LogP contribution in [0.15, 0.2) is 24.3 Å². The molecule has 0 fully saturated rings. The zero-order valence-electron chi connectivity index (χ0n) is 12.1. The molecule has 5 heteroatoms. The molecular weight excluding hydrogens is 258 g/mol. The summed E-state index contributed by atoms with van der Waals surface area (Å²) >= 11 is 0. The number of carbonyl (C=O) groups is 2. The molecule has 0 saturated heterocycles. The van der Waals surface area contributed by atoms with E-state index in [1.807, 2.05) is 25.1 Å². The molecule has 0 heterocycles. The Bertz CT molecular complexity index is 459. The van der Waals surface area contributed by atoms with Crippen LogP contribution in [-0.2, 0) is 20.7 Å². The van der Waals surface area contributed by atoms with Gasteiger partial charge in [0.2, 0.25) is 0 Å². The van der Waals surface area contributed by atoms with Crippen molar-refractivity contribution < 1.29 is 19.1 Å². The molecule has 1 amide bonds. The summed E-state index contributed by atoms with van der Waals surface area (Å²) in [4.78, 5) is 23.0. The van der Waals surface area contributed by atoms with Gasteiger partial charge in [-0.1, -0.05) is 19.1 Å². The van der Waals surface area contributed by atoms with Crippen molar-refractivity contribution in [2.24, 2.45) is 0 Å². The Labute approximate surface area is 119 Å². The van der Waals surface area contributed by atoms with Crippen LogP contribution in [0.1, 0.15) is 26.3 Å². The first-order chi connectivity index (χ1) is 9.56. The van der Waals surface area contributed by atoms with Crippen LogP contribution in [0.3, 0.4) is 0 Å². The van der Waals surface area contributed by atoms with E-state index in [-0.39, 0.29) is 12.5 Å². The Morgan fingerprint density at radius 3 is 2.70 bits per heavy atom. The molecule has 0 radical (unpaired) electrons. The number of ether oxygens (including phenoxy) is 2. The van der Waals surface area contributed by atoms with E-state index < -0.39 is 12.0 Å². The zero-order valence-corrected chi connectivity index (χ0v) is 12.1. The molecule has 0 saturated carbocycles. The van der Waals surface area contributed by atoms with Gasteiger partial charge in [0.1, 0.15) is 11.8 Å². The first-order valence-electron chi connectivity index (χ1n) is 6.74. The van der Waals surface area contributed by atoms with Crippen LogP contribution in [-0.4, -0.2) is 31.1 Å². The third-order valence-electron chi connectivity index (χ3n) is 2.69. The van der Waals surface area contributed by atoms with Crippen molar-refractivity contribution in [2.75, 3.05) is 13.2 Å². The molecule has 0 aliphatic carbocycles. The van der Waals surface area contributed by atoms with Crippen LogP contribution in [0.5, 0.6) is 5.75 Å². The van der Waals surface area contributed by atoms with Crippen molar-refractivity contribution in [2.45, 2.75) is 33.2 Å². The van der Waals surface area contributed by atoms with Crippen molar-refractivity contribution >= 4 is 11.9 Å². The average molecular weight is 279 g/mol. The smallest absolute Gasteiger partial charge is 0.328 e. The van der Waals surface area contributed by atoms with Gasteiger partial charge in [0.05, 0.1) is 6.61 Å². The highest BCUT2D eigenvalue weighted by atomic mass is 16.5. The fourth-order valence-corrected chi connectivity index (χ4v) is 1.61. The molecule has 0 bridgehead atoms. The fraction of sp³-hybridized carbons (Fsp3) is 0.467. The lowest BCUT2D eigenvalue weighted by atomic mass is 10.2. The van der Waals surface area contributed by atoms with Crippen LogP contribution >= 0.6 is 0 Å². The highest BCUT2D eigenvalue weighted by Crippen LogP contribution is 2.13. The van der Waals surface area contributed by atoms with Gasteiger partial charge in [-0.15, -0.1) is 0 Å². The second-order valence-corrected chi connectivity index (χ2v) is 4.33. The van der Waals surface area contributed by atoms with Gasteiger partial charge in [0.25, 0.3) is 5.91 Å². The molecule has 0 spiro atoms. The van der Waals surface area contributed by atoms with E-state index in [2.05, 4.69) is 5.32 Å². The van der Waals surface area contributed by atoms with Gasteiger partial charge >= 0.3 is 5.97 Å². The van der Waals surface area contributed by atoms with E-state index in [4.69, 9.17) is 9.47 Å². The zero-order chi connectivity index (χ0) is 15.0. The maximum Gasteiger partial charge on any atom is 0.328 e. The highest BCUT2D eigenvalue weighted by molar-refractivity contribution is 5.84. The van der Waals surface area contributed by atoms with E-state index in [1.165, 1.54) is 0 Å². The van der Waals surface area contributed by atoms with Crippen LogP contribution in [0, 0.1) is 0 Å². The number of hydrogen-bond acceptors (Lipinski definition) is 4. The van der Waals surface area contributed by atoms with E-state index in [9.17, 15) is 9.59 Å². The molecule has 0 aliphatic heterocycles. The van der Waals surface area contributed by atoms with Crippen molar-refractivity contribution in [3.05, 3.63) is 29.8 Å². The minimum absolute atomic E-state index is 0.128. The summed E-state index contributed by atoms with van der Waals surface area (Å²) in [5.41, 5.74) is 1.14. The first-order valence-corrected chi connectivity index (χ1v) is 6.74. The Morgan fingerprint density at radius 1 is 1.30 bits per heavy atom. The normalized spacial score (nSPS) is 11.6. The molecule has 1 aromatic rings. The van der Waals surface area contributed by atoms with Crippen LogP contribution in [0.4, 0.5) is 0 Å². The topological polar surface area (TPSA) is 64.6 Å². The maximum absolute atomic E-state index is 11.6. The summed E-state index contributed by atoms with van der Waals surface area (Å²) < 4.78 is 10.2. The van der Waals surface area contributed by atoms with Gasteiger partial charge in [-0.2, -0.15) is 0 Å². The minimum Gasteiger partial charge on any atom is -0.484 e. The van der Waals surface area contributed by atoms with Gasteiger partial charge in [0, 0.05) is 0 Å². The van der Waals surface area contributed by atoms with E-state index >= 15 is 0 Å². The fourth-order valence-electron chi connectivity index (χ4n) is 1.61. The molecular formula is C15H21NO4. The lowest BCUT2D eigenvalue weighted by molar-refractivity contribution is -0.147. The van der Waals surface area contributed by atoms with Crippen molar-refractivity contribution in [1.82, 2.24) is 5.32 Å². The monoisotopic (exact) mass is 279 g/mol. The number of esters is 1. The van der Waals surface area contributed by atoms with E-state index in [1.54, 1.807) is 19.9 Å². The largest absolute Gasteiger partial charge is 0.484 e. The van der Waals surface area contributed by atoms with Crippen LogP contribution in [0.2, 0.25) is 0 Å². The third kappa shape index (κ3) is 5.30. The predicted molar refractivity (Wildman–Crippen MR) is 75.6 cm³/mol. The standard InChI is InChI=1S/C15H21NO4/c1-4-12-7-6-8-13(9-12)20-10-14(17)16-11(3)15(18)19-5-2/h6-9,11H,4-5,10H2,1-3H3,(H,16,17). The number of hydrogen-bond donors (Lipinski definition) is 1. The van der Waals surface area contributed by atoms with Gasteiger partial charge in [0.15, 0.2) is 6.61 Å². The summed E-state index contributed by atoms with van der Waals surface area (Å²) in [6.07, 6.45) is 0.906. The Kier molecular flexibility index (Phi) is 6.56. The van der Waals surface area contributed by atoms with Gasteiger partial charge in [-0.05, 0) is 38.0 Å².